The van der Waals surface area contributed by atoms with E-state index in [1.165, 1.54) is 12.1 Å². The average Bonchev–Trinajstić information content (AvgIpc) is 2.45. The topological polar surface area (TPSA) is 32.3 Å². The lowest BCUT2D eigenvalue weighted by atomic mass is 10.0. The zero-order valence-electron chi connectivity index (χ0n) is 11.8. The fraction of sp³-hybridized carbons (Fsp3) is 0.294. The van der Waals surface area contributed by atoms with Gasteiger partial charge in [-0.2, -0.15) is 0 Å². The van der Waals surface area contributed by atoms with E-state index in [-0.39, 0.29) is 17.9 Å². The molecule has 2 atom stereocenters. The van der Waals surface area contributed by atoms with E-state index in [9.17, 15) is 9.50 Å². The molecule has 0 saturated heterocycles. The standard InChI is InChI=1S/C17H20FNO/c1-3-16(15-9-4-5-10-17(15)20)19-12(2)13-7-6-8-14(18)11-13/h4-12,16,19-20H,3H2,1-2H3/t12-,16?/m0/s1. The number of phenols is 1. The van der Waals surface area contributed by atoms with Gasteiger partial charge in [-0.15, -0.1) is 0 Å². The Balaban J connectivity index is 2.16. The van der Waals surface area contributed by atoms with Gasteiger partial charge in [0.2, 0.25) is 0 Å². The third-order valence-corrected chi connectivity index (χ3v) is 3.52. The van der Waals surface area contributed by atoms with E-state index in [1.807, 2.05) is 31.2 Å². The SMILES string of the molecule is CCC(N[C@@H](C)c1cccc(F)c1)c1ccccc1O. The van der Waals surface area contributed by atoms with E-state index in [4.69, 9.17) is 0 Å². The number of rotatable bonds is 5. The van der Waals surface area contributed by atoms with Gasteiger partial charge in [0, 0.05) is 17.6 Å². The first kappa shape index (κ1) is 14.5. The van der Waals surface area contributed by atoms with Crippen LogP contribution in [-0.4, -0.2) is 5.11 Å². The largest absolute Gasteiger partial charge is 0.508 e. The smallest absolute Gasteiger partial charge is 0.123 e. The van der Waals surface area contributed by atoms with E-state index in [0.29, 0.717) is 5.75 Å². The molecular formula is C17H20FNO. The van der Waals surface area contributed by atoms with Gasteiger partial charge in [-0.05, 0) is 37.1 Å². The third-order valence-electron chi connectivity index (χ3n) is 3.52. The van der Waals surface area contributed by atoms with Crippen LogP contribution in [0, 0.1) is 5.82 Å². The van der Waals surface area contributed by atoms with Crippen molar-refractivity contribution < 1.29 is 9.50 Å². The number of halogens is 1. The lowest BCUT2D eigenvalue weighted by Crippen LogP contribution is -2.24. The molecule has 20 heavy (non-hydrogen) atoms. The van der Waals surface area contributed by atoms with Crippen molar-refractivity contribution in [3.05, 3.63) is 65.5 Å². The van der Waals surface area contributed by atoms with E-state index < -0.39 is 0 Å². The minimum Gasteiger partial charge on any atom is -0.508 e. The van der Waals surface area contributed by atoms with Gasteiger partial charge in [-0.25, -0.2) is 4.39 Å². The van der Waals surface area contributed by atoms with Crippen molar-refractivity contribution in [3.63, 3.8) is 0 Å². The Bertz CT molecular complexity index is 570. The van der Waals surface area contributed by atoms with Gasteiger partial charge in [-0.3, -0.25) is 0 Å². The quantitative estimate of drug-likeness (QED) is 0.849. The summed E-state index contributed by atoms with van der Waals surface area (Å²) in [5, 5.41) is 13.4. The Morgan fingerprint density at radius 1 is 1.15 bits per heavy atom. The molecule has 0 bridgehead atoms. The Morgan fingerprint density at radius 3 is 2.55 bits per heavy atom. The zero-order valence-corrected chi connectivity index (χ0v) is 11.8. The van der Waals surface area contributed by atoms with Gasteiger partial charge < -0.3 is 10.4 Å². The van der Waals surface area contributed by atoms with Crippen LogP contribution in [0.5, 0.6) is 5.75 Å². The summed E-state index contributed by atoms with van der Waals surface area (Å²) in [5.74, 6) is 0.0602. The Morgan fingerprint density at radius 2 is 1.90 bits per heavy atom. The minimum absolute atomic E-state index is 0.00950. The molecule has 2 rings (SSSR count). The molecule has 0 aliphatic heterocycles. The number of hydrogen-bond acceptors (Lipinski definition) is 2. The van der Waals surface area contributed by atoms with Crippen molar-refractivity contribution in [2.24, 2.45) is 0 Å². The molecule has 0 aliphatic carbocycles. The molecule has 2 N–H and O–H groups in total. The summed E-state index contributed by atoms with van der Waals surface area (Å²) in [6.45, 7) is 4.06. The highest BCUT2D eigenvalue weighted by molar-refractivity contribution is 5.34. The van der Waals surface area contributed by atoms with Crippen LogP contribution in [0.25, 0.3) is 0 Å². The Hall–Kier alpha value is -1.87. The summed E-state index contributed by atoms with van der Waals surface area (Å²) in [4.78, 5) is 0. The molecule has 3 heteroatoms. The first-order chi connectivity index (χ1) is 9.61. The molecule has 0 aromatic heterocycles. The summed E-state index contributed by atoms with van der Waals surface area (Å²) in [6, 6.07) is 14.0. The summed E-state index contributed by atoms with van der Waals surface area (Å²) >= 11 is 0. The van der Waals surface area contributed by atoms with Gasteiger partial charge in [0.1, 0.15) is 11.6 Å². The molecule has 1 unspecified atom stereocenters. The molecule has 2 nitrogen and oxygen atoms in total. The normalized spacial score (nSPS) is 13.9. The van der Waals surface area contributed by atoms with Gasteiger partial charge in [0.05, 0.1) is 0 Å². The van der Waals surface area contributed by atoms with Crippen LogP contribution in [0.2, 0.25) is 0 Å². The maximum atomic E-state index is 13.3. The van der Waals surface area contributed by atoms with Crippen LogP contribution in [0.3, 0.4) is 0 Å². The van der Waals surface area contributed by atoms with Gasteiger partial charge in [0.25, 0.3) is 0 Å². The third kappa shape index (κ3) is 3.36. The van der Waals surface area contributed by atoms with E-state index in [2.05, 4.69) is 12.2 Å². The monoisotopic (exact) mass is 273 g/mol. The second-order valence-electron chi connectivity index (χ2n) is 4.96. The maximum Gasteiger partial charge on any atom is 0.123 e. The molecule has 0 spiro atoms. The van der Waals surface area contributed by atoms with Gasteiger partial charge in [0.15, 0.2) is 0 Å². The highest BCUT2D eigenvalue weighted by atomic mass is 19.1. The highest BCUT2D eigenvalue weighted by Gasteiger charge is 2.16. The van der Waals surface area contributed by atoms with Gasteiger partial charge in [-0.1, -0.05) is 37.3 Å². The first-order valence-corrected chi connectivity index (χ1v) is 6.91. The van der Waals surface area contributed by atoms with Crippen molar-refractivity contribution in [2.45, 2.75) is 32.4 Å². The second-order valence-corrected chi connectivity index (χ2v) is 4.96. The van der Waals surface area contributed by atoms with Crippen LogP contribution >= 0.6 is 0 Å². The fourth-order valence-electron chi connectivity index (χ4n) is 2.38. The van der Waals surface area contributed by atoms with Crippen molar-refractivity contribution in [1.29, 1.82) is 0 Å². The van der Waals surface area contributed by atoms with Crippen LogP contribution < -0.4 is 5.32 Å². The molecule has 2 aromatic carbocycles. The molecule has 0 aliphatic rings. The van der Waals surface area contributed by atoms with Crippen molar-refractivity contribution >= 4 is 0 Å². The van der Waals surface area contributed by atoms with Crippen LogP contribution in [-0.2, 0) is 0 Å². The predicted octanol–water partition coefficient (Wildman–Crippen LogP) is 4.33. The fourth-order valence-corrected chi connectivity index (χ4v) is 2.38. The molecule has 106 valence electrons. The molecule has 0 saturated carbocycles. The molecule has 2 aromatic rings. The Labute approximate surface area is 119 Å². The first-order valence-electron chi connectivity index (χ1n) is 6.91. The molecule has 0 fully saturated rings. The van der Waals surface area contributed by atoms with Crippen LogP contribution in [0.4, 0.5) is 4.39 Å². The lowest BCUT2D eigenvalue weighted by Gasteiger charge is -2.23. The van der Waals surface area contributed by atoms with Crippen LogP contribution in [0.15, 0.2) is 48.5 Å². The summed E-state index contributed by atoms with van der Waals surface area (Å²) < 4.78 is 13.3. The number of hydrogen-bond donors (Lipinski definition) is 2. The zero-order chi connectivity index (χ0) is 14.5. The highest BCUT2D eigenvalue weighted by Crippen LogP contribution is 2.28. The molecule has 0 amide bonds. The van der Waals surface area contributed by atoms with Crippen LogP contribution in [0.1, 0.15) is 43.5 Å². The van der Waals surface area contributed by atoms with E-state index in [1.54, 1.807) is 12.1 Å². The molecule has 0 heterocycles. The van der Waals surface area contributed by atoms with E-state index in [0.717, 1.165) is 17.5 Å². The van der Waals surface area contributed by atoms with Crippen molar-refractivity contribution in [3.8, 4) is 5.75 Å². The predicted molar refractivity (Wildman–Crippen MR) is 79.1 cm³/mol. The Kier molecular flexibility index (Phi) is 4.74. The average molecular weight is 273 g/mol. The molecular weight excluding hydrogens is 253 g/mol. The van der Waals surface area contributed by atoms with E-state index >= 15 is 0 Å². The maximum absolute atomic E-state index is 13.3. The summed E-state index contributed by atoms with van der Waals surface area (Å²) in [6.07, 6.45) is 0.844. The number of benzene rings is 2. The van der Waals surface area contributed by atoms with Crippen molar-refractivity contribution in [1.82, 2.24) is 5.32 Å². The second kappa shape index (κ2) is 6.53. The minimum atomic E-state index is -0.230. The lowest BCUT2D eigenvalue weighted by molar-refractivity contribution is 0.418. The number of aromatic hydroxyl groups is 1. The number of para-hydroxylation sites is 1. The van der Waals surface area contributed by atoms with Crippen molar-refractivity contribution in [2.75, 3.05) is 0 Å². The molecule has 0 radical (unpaired) electrons. The van der Waals surface area contributed by atoms with Gasteiger partial charge >= 0.3 is 0 Å². The number of phenolic OH excluding ortho intramolecular Hbond substituents is 1. The summed E-state index contributed by atoms with van der Waals surface area (Å²) in [7, 11) is 0. The number of nitrogens with one attached hydrogen (secondary N) is 1. The summed E-state index contributed by atoms with van der Waals surface area (Å²) in [5.41, 5.74) is 1.78.